The number of halogens is 1. The van der Waals surface area contributed by atoms with Gasteiger partial charge in [-0.15, -0.1) is 0 Å². The van der Waals surface area contributed by atoms with Crippen LogP contribution in [0.3, 0.4) is 0 Å². The first-order valence-electron chi connectivity index (χ1n) is 6.70. The normalized spacial score (nSPS) is 22.4. The van der Waals surface area contributed by atoms with Crippen molar-refractivity contribution in [3.63, 3.8) is 0 Å². The fraction of sp³-hybridized carbons (Fsp3) is 0.600. The highest BCUT2D eigenvalue weighted by molar-refractivity contribution is 6.31. The van der Waals surface area contributed by atoms with Gasteiger partial charge in [0.1, 0.15) is 5.75 Å². The lowest BCUT2D eigenvalue weighted by Gasteiger charge is -2.45. The number of nitrogens with one attached hydrogen (secondary N) is 1. The van der Waals surface area contributed by atoms with Gasteiger partial charge in [0, 0.05) is 35.8 Å². The lowest BCUT2D eigenvalue weighted by atomic mass is 9.98. The molecule has 0 spiro atoms. The van der Waals surface area contributed by atoms with Gasteiger partial charge in [-0.25, -0.2) is 0 Å². The number of benzene rings is 1. The summed E-state index contributed by atoms with van der Waals surface area (Å²) in [5.41, 5.74) is 2.32. The summed E-state index contributed by atoms with van der Waals surface area (Å²) in [4.78, 5) is 2.40. The topological polar surface area (TPSA) is 24.5 Å². The Kier molecular flexibility index (Phi) is 3.98. The summed E-state index contributed by atoms with van der Waals surface area (Å²) in [5.74, 6) is 0.847. The first-order chi connectivity index (χ1) is 8.84. The van der Waals surface area contributed by atoms with Crippen LogP contribution in [0.2, 0.25) is 5.02 Å². The Bertz CT molecular complexity index is 473. The molecule has 3 nitrogen and oxygen atoms in total. The van der Waals surface area contributed by atoms with Crippen molar-refractivity contribution in [1.29, 1.82) is 0 Å². The smallest absolute Gasteiger partial charge is 0.143 e. The summed E-state index contributed by atoms with van der Waals surface area (Å²) < 4.78 is 5.50. The zero-order valence-corrected chi connectivity index (χ0v) is 13.1. The number of methoxy groups -OCH3 is 1. The van der Waals surface area contributed by atoms with Crippen LogP contribution in [0.25, 0.3) is 0 Å². The summed E-state index contributed by atoms with van der Waals surface area (Å²) in [6.07, 6.45) is 0. The van der Waals surface area contributed by atoms with Gasteiger partial charge in [0.2, 0.25) is 0 Å². The second-order valence-corrected chi connectivity index (χ2v) is 6.42. The van der Waals surface area contributed by atoms with Crippen molar-refractivity contribution in [2.75, 3.05) is 25.1 Å². The fourth-order valence-corrected chi connectivity index (χ4v) is 2.68. The number of anilines is 1. The molecule has 106 valence electrons. The second kappa shape index (κ2) is 5.22. The monoisotopic (exact) mass is 282 g/mol. The number of aryl methyl sites for hydroxylation is 1. The third-order valence-electron chi connectivity index (χ3n) is 3.74. The van der Waals surface area contributed by atoms with Crippen molar-refractivity contribution in [1.82, 2.24) is 5.32 Å². The molecule has 0 radical (unpaired) electrons. The molecule has 19 heavy (non-hydrogen) atoms. The van der Waals surface area contributed by atoms with E-state index in [0.717, 1.165) is 35.1 Å². The van der Waals surface area contributed by atoms with Crippen molar-refractivity contribution in [3.8, 4) is 5.75 Å². The van der Waals surface area contributed by atoms with Crippen LogP contribution in [0.1, 0.15) is 26.3 Å². The summed E-state index contributed by atoms with van der Waals surface area (Å²) in [7, 11) is 1.70. The van der Waals surface area contributed by atoms with Crippen LogP contribution in [0, 0.1) is 6.92 Å². The molecule has 4 heteroatoms. The van der Waals surface area contributed by atoms with E-state index in [1.807, 2.05) is 13.0 Å². The van der Waals surface area contributed by atoms with Gasteiger partial charge in [-0.3, -0.25) is 0 Å². The molecule has 0 aliphatic carbocycles. The highest BCUT2D eigenvalue weighted by Gasteiger charge is 2.31. The summed E-state index contributed by atoms with van der Waals surface area (Å²) >= 11 is 6.19. The number of nitrogens with zero attached hydrogens (tertiary/aromatic N) is 1. The predicted molar refractivity (Wildman–Crippen MR) is 81.6 cm³/mol. The maximum atomic E-state index is 6.19. The van der Waals surface area contributed by atoms with Gasteiger partial charge >= 0.3 is 0 Å². The molecule has 1 saturated heterocycles. The van der Waals surface area contributed by atoms with Crippen LogP contribution < -0.4 is 15.0 Å². The quantitative estimate of drug-likeness (QED) is 0.901. The van der Waals surface area contributed by atoms with E-state index < -0.39 is 0 Å². The highest BCUT2D eigenvalue weighted by atomic mass is 35.5. The van der Waals surface area contributed by atoms with E-state index in [0.29, 0.717) is 6.04 Å². The zero-order valence-electron chi connectivity index (χ0n) is 12.4. The maximum Gasteiger partial charge on any atom is 0.143 e. The van der Waals surface area contributed by atoms with Gasteiger partial charge in [0.25, 0.3) is 0 Å². The minimum atomic E-state index is 0.102. The Morgan fingerprint density at radius 1 is 1.42 bits per heavy atom. The third-order valence-corrected chi connectivity index (χ3v) is 4.15. The van der Waals surface area contributed by atoms with E-state index >= 15 is 0 Å². The molecule has 0 saturated carbocycles. The Balaban J connectivity index is 2.41. The van der Waals surface area contributed by atoms with Gasteiger partial charge in [0.15, 0.2) is 0 Å². The van der Waals surface area contributed by atoms with E-state index in [9.17, 15) is 0 Å². The van der Waals surface area contributed by atoms with Gasteiger partial charge < -0.3 is 15.0 Å². The molecule has 1 unspecified atom stereocenters. The lowest BCUT2D eigenvalue weighted by Crippen LogP contribution is -2.61. The number of ether oxygens (including phenoxy) is 1. The maximum absolute atomic E-state index is 6.19. The van der Waals surface area contributed by atoms with Gasteiger partial charge in [-0.1, -0.05) is 11.6 Å². The molecule has 1 heterocycles. The second-order valence-electron chi connectivity index (χ2n) is 6.01. The van der Waals surface area contributed by atoms with Crippen molar-refractivity contribution >= 4 is 17.3 Å². The molecule has 1 fully saturated rings. The van der Waals surface area contributed by atoms with E-state index in [4.69, 9.17) is 16.3 Å². The van der Waals surface area contributed by atoms with Crippen LogP contribution in [0.5, 0.6) is 5.75 Å². The fourth-order valence-electron chi connectivity index (χ4n) is 2.53. The molecule has 1 aliphatic heterocycles. The standard InChI is InChI=1S/C15H23ClN2O/c1-10-6-13(14(19-5)7-12(10)16)18-9-15(3,4)17-8-11(18)2/h6-7,11,17H,8-9H2,1-5H3. The van der Waals surface area contributed by atoms with E-state index in [1.54, 1.807) is 7.11 Å². The van der Waals surface area contributed by atoms with Crippen molar-refractivity contribution in [3.05, 3.63) is 22.7 Å². The first-order valence-corrected chi connectivity index (χ1v) is 7.07. The summed E-state index contributed by atoms with van der Waals surface area (Å²) in [6.45, 7) is 10.6. The van der Waals surface area contributed by atoms with Crippen LogP contribution >= 0.6 is 11.6 Å². The molecule has 0 aromatic heterocycles. The van der Waals surface area contributed by atoms with Gasteiger partial charge in [-0.2, -0.15) is 0 Å². The Morgan fingerprint density at radius 3 is 2.74 bits per heavy atom. The molecular formula is C15H23ClN2O. The number of hydrogen-bond donors (Lipinski definition) is 1. The summed E-state index contributed by atoms with van der Waals surface area (Å²) in [6, 6.07) is 4.47. The SMILES string of the molecule is COc1cc(Cl)c(C)cc1N1CC(C)(C)NCC1C. The average molecular weight is 283 g/mol. The largest absolute Gasteiger partial charge is 0.495 e. The van der Waals surface area contributed by atoms with Crippen LogP contribution in [0.15, 0.2) is 12.1 Å². The Hall–Kier alpha value is -0.930. The van der Waals surface area contributed by atoms with E-state index in [1.165, 1.54) is 0 Å². The van der Waals surface area contributed by atoms with Crippen LogP contribution in [-0.2, 0) is 0 Å². The molecule has 2 rings (SSSR count). The zero-order chi connectivity index (χ0) is 14.2. The van der Waals surface area contributed by atoms with Crippen molar-refractivity contribution in [2.24, 2.45) is 0 Å². The molecule has 1 aromatic carbocycles. The Morgan fingerprint density at radius 2 is 2.11 bits per heavy atom. The van der Waals surface area contributed by atoms with Crippen molar-refractivity contribution < 1.29 is 4.74 Å². The molecule has 0 amide bonds. The number of rotatable bonds is 2. The predicted octanol–water partition coefficient (Wildman–Crippen LogP) is 3.23. The third kappa shape index (κ3) is 2.98. The molecule has 1 atom stereocenters. The summed E-state index contributed by atoms with van der Waals surface area (Å²) in [5, 5.41) is 4.32. The molecular weight excluding hydrogens is 260 g/mol. The van der Waals surface area contributed by atoms with Gasteiger partial charge in [-0.05, 0) is 39.3 Å². The molecule has 0 bridgehead atoms. The van der Waals surface area contributed by atoms with Gasteiger partial charge in [0.05, 0.1) is 12.8 Å². The highest BCUT2D eigenvalue weighted by Crippen LogP contribution is 2.36. The number of piperazine rings is 1. The van der Waals surface area contributed by atoms with Crippen molar-refractivity contribution in [2.45, 2.75) is 39.3 Å². The minimum absolute atomic E-state index is 0.102. The van der Waals surface area contributed by atoms with E-state index in [-0.39, 0.29) is 5.54 Å². The average Bonchev–Trinajstić information content (AvgIpc) is 2.35. The van der Waals surface area contributed by atoms with E-state index in [2.05, 4.69) is 37.1 Å². The first kappa shape index (κ1) is 14.5. The minimum Gasteiger partial charge on any atom is -0.495 e. The molecule has 1 N–H and O–H groups in total. The Labute approximate surface area is 120 Å². The molecule has 1 aromatic rings. The van der Waals surface area contributed by atoms with Crippen LogP contribution in [0.4, 0.5) is 5.69 Å². The number of hydrogen-bond acceptors (Lipinski definition) is 3. The lowest BCUT2D eigenvalue weighted by molar-refractivity contribution is 0.315. The van der Waals surface area contributed by atoms with Crippen LogP contribution in [-0.4, -0.2) is 31.8 Å². The molecule has 1 aliphatic rings.